The summed E-state index contributed by atoms with van der Waals surface area (Å²) in [5.41, 5.74) is 1.06. The minimum Gasteiger partial charge on any atom is -1.00 e. The number of aliphatic hydroxyl groups is 1. The summed E-state index contributed by atoms with van der Waals surface area (Å²) in [5.74, 6) is 0.426. The Bertz CT molecular complexity index is 760. The SMILES string of the molecule is CCCCCCC(Cc1ccccc1O)NCCCCCC[N+](CCCCCC)(CCCCCC)CCOCCOOCCO.[Br-]. The van der Waals surface area contributed by atoms with Crippen LogP contribution in [0, 0.1) is 0 Å². The number of para-hydroxylation sites is 1. The summed E-state index contributed by atoms with van der Waals surface area (Å²) in [6.45, 7) is 14.6. The number of phenolic OH excluding ortho intramolecular Hbond substituents is 1. The lowest BCUT2D eigenvalue weighted by Gasteiger charge is -2.39. The number of nitrogens with one attached hydrogen (secondary N) is 1. The molecule has 0 spiro atoms. The molecule has 0 aromatic heterocycles. The molecule has 0 amide bonds. The predicted molar refractivity (Wildman–Crippen MR) is 189 cm³/mol. The first-order valence-electron chi connectivity index (χ1n) is 18.9. The van der Waals surface area contributed by atoms with E-state index in [4.69, 9.17) is 19.6 Å². The molecule has 1 aromatic rings. The van der Waals surface area contributed by atoms with Crippen LogP contribution in [0.5, 0.6) is 5.75 Å². The van der Waals surface area contributed by atoms with Gasteiger partial charge in [-0.1, -0.05) is 96.8 Å². The summed E-state index contributed by atoms with van der Waals surface area (Å²) in [6, 6.07) is 8.25. The molecular weight excluding hydrogens is 644 g/mol. The number of unbranched alkanes of at least 4 members (excludes halogenated alkanes) is 12. The van der Waals surface area contributed by atoms with Gasteiger partial charge >= 0.3 is 0 Å². The molecule has 0 bridgehead atoms. The topological polar surface area (TPSA) is 80.2 Å². The van der Waals surface area contributed by atoms with Crippen molar-refractivity contribution in [2.24, 2.45) is 0 Å². The fraction of sp³-hybridized carbons (Fsp3) is 0.842. The Morgan fingerprint density at radius 3 is 1.83 bits per heavy atom. The average molecular weight is 718 g/mol. The fourth-order valence-corrected chi connectivity index (χ4v) is 6.30. The number of hydrogen-bond donors (Lipinski definition) is 3. The number of nitrogens with zero attached hydrogens (tertiary/aromatic N) is 1. The van der Waals surface area contributed by atoms with E-state index >= 15 is 0 Å². The van der Waals surface area contributed by atoms with Gasteiger partial charge in [0.15, 0.2) is 0 Å². The van der Waals surface area contributed by atoms with E-state index in [-0.39, 0.29) is 30.2 Å². The molecule has 1 unspecified atom stereocenters. The van der Waals surface area contributed by atoms with Crippen LogP contribution >= 0.6 is 0 Å². The zero-order valence-electron chi connectivity index (χ0n) is 30.1. The van der Waals surface area contributed by atoms with E-state index in [1.807, 2.05) is 18.2 Å². The Hall–Kier alpha value is -0.740. The maximum atomic E-state index is 10.3. The summed E-state index contributed by atoms with van der Waals surface area (Å²) in [7, 11) is 0. The van der Waals surface area contributed by atoms with Crippen LogP contribution in [-0.4, -0.2) is 86.5 Å². The van der Waals surface area contributed by atoms with Gasteiger partial charge in [0.25, 0.3) is 0 Å². The number of rotatable bonds is 34. The van der Waals surface area contributed by atoms with Crippen LogP contribution in [-0.2, 0) is 20.9 Å². The molecule has 0 saturated heterocycles. The average Bonchev–Trinajstić information content (AvgIpc) is 3.05. The van der Waals surface area contributed by atoms with Gasteiger partial charge in [0, 0.05) is 6.04 Å². The van der Waals surface area contributed by atoms with Gasteiger partial charge in [0.1, 0.15) is 25.5 Å². The molecule has 0 radical (unpaired) electrons. The van der Waals surface area contributed by atoms with Crippen LogP contribution in [0.1, 0.15) is 135 Å². The summed E-state index contributed by atoms with van der Waals surface area (Å²) < 4.78 is 7.18. The number of halogens is 1. The first-order chi connectivity index (χ1) is 22.1. The summed E-state index contributed by atoms with van der Waals surface area (Å²) in [4.78, 5) is 9.97. The van der Waals surface area contributed by atoms with Gasteiger partial charge in [-0.15, -0.1) is 0 Å². The van der Waals surface area contributed by atoms with Crippen molar-refractivity contribution in [2.75, 3.05) is 65.8 Å². The number of aromatic hydroxyl groups is 1. The second-order valence-electron chi connectivity index (χ2n) is 13.1. The minimum absolute atomic E-state index is 0. The number of hydrogen-bond acceptors (Lipinski definition) is 6. The van der Waals surface area contributed by atoms with Crippen molar-refractivity contribution >= 4 is 0 Å². The highest BCUT2D eigenvalue weighted by atomic mass is 79.9. The van der Waals surface area contributed by atoms with Crippen molar-refractivity contribution in [3.63, 3.8) is 0 Å². The van der Waals surface area contributed by atoms with Crippen molar-refractivity contribution in [1.29, 1.82) is 0 Å². The molecule has 3 N–H and O–H groups in total. The third-order valence-electron chi connectivity index (χ3n) is 9.11. The van der Waals surface area contributed by atoms with Crippen LogP contribution in [0.4, 0.5) is 0 Å². The molecule has 0 aliphatic heterocycles. The molecule has 1 aromatic carbocycles. The van der Waals surface area contributed by atoms with E-state index in [0.29, 0.717) is 25.0 Å². The Morgan fingerprint density at radius 2 is 1.22 bits per heavy atom. The fourth-order valence-electron chi connectivity index (χ4n) is 6.30. The van der Waals surface area contributed by atoms with E-state index in [1.54, 1.807) is 0 Å². The first kappa shape index (κ1) is 45.3. The lowest BCUT2D eigenvalue weighted by atomic mass is 9.99. The van der Waals surface area contributed by atoms with Crippen molar-refractivity contribution in [2.45, 2.75) is 142 Å². The van der Waals surface area contributed by atoms with Crippen LogP contribution in [0.3, 0.4) is 0 Å². The van der Waals surface area contributed by atoms with Gasteiger partial charge in [-0.2, -0.15) is 0 Å². The third kappa shape index (κ3) is 24.4. The third-order valence-corrected chi connectivity index (χ3v) is 9.11. The van der Waals surface area contributed by atoms with Crippen LogP contribution in [0.25, 0.3) is 0 Å². The van der Waals surface area contributed by atoms with Crippen LogP contribution in [0.15, 0.2) is 24.3 Å². The lowest BCUT2D eigenvalue weighted by molar-refractivity contribution is -0.929. The highest BCUT2D eigenvalue weighted by Gasteiger charge is 2.26. The van der Waals surface area contributed by atoms with E-state index < -0.39 is 0 Å². The molecule has 1 rings (SSSR count). The molecule has 0 aliphatic carbocycles. The molecule has 0 fully saturated rings. The highest BCUT2D eigenvalue weighted by molar-refractivity contribution is 5.32. The Balaban J connectivity index is 0.0000202. The molecule has 272 valence electrons. The molecule has 0 heterocycles. The van der Waals surface area contributed by atoms with Crippen molar-refractivity contribution in [3.8, 4) is 5.75 Å². The zero-order valence-corrected chi connectivity index (χ0v) is 31.7. The molecule has 46 heavy (non-hydrogen) atoms. The molecule has 0 aliphatic rings. The normalized spacial score (nSPS) is 12.3. The number of aliphatic hydroxyl groups excluding tert-OH is 1. The molecule has 1 atom stereocenters. The number of ether oxygens (including phenoxy) is 1. The number of quaternary nitrogens is 1. The molecule has 7 nitrogen and oxygen atoms in total. The lowest BCUT2D eigenvalue weighted by Crippen LogP contribution is -3.00. The Morgan fingerprint density at radius 1 is 0.652 bits per heavy atom. The van der Waals surface area contributed by atoms with Crippen molar-refractivity contribution in [3.05, 3.63) is 29.8 Å². The molecular formula is C38H73BrN2O5. The van der Waals surface area contributed by atoms with E-state index in [2.05, 4.69) is 32.2 Å². The molecule has 8 heteroatoms. The summed E-state index contributed by atoms with van der Waals surface area (Å²) >= 11 is 0. The van der Waals surface area contributed by atoms with Crippen molar-refractivity contribution in [1.82, 2.24) is 5.32 Å². The standard InChI is InChI=1S/C38H72N2O5.BrH/c1-4-7-10-15-23-37(35-36-22-16-17-24-38(36)42)39-25-18-13-14-21-28-40(26-19-11-8-5-2,27-20-12-9-6-3)29-31-43-33-34-45-44-32-30-41;/h16-17,22,24,37,39,41H,4-15,18-21,23,25-35H2,1-3H3;1H. The highest BCUT2D eigenvalue weighted by Crippen LogP contribution is 2.20. The number of phenols is 1. The van der Waals surface area contributed by atoms with Crippen LogP contribution in [0.2, 0.25) is 0 Å². The Labute approximate surface area is 294 Å². The van der Waals surface area contributed by atoms with E-state index in [0.717, 1.165) is 31.7 Å². The molecule has 0 saturated carbocycles. The van der Waals surface area contributed by atoms with Gasteiger partial charge in [0.05, 0.1) is 39.5 Å². The largest absolute Gasteiger partial charge is 1.00 e. The van der Waals surface area contributed by atoms with Gasteiger partial charge in [0.2, 0.25) is 0 Å². The quantitative estimate of drug-likeness (QED) is 0.0386. The predicted octanol–water partition coefficient (Wildman–Crippen LogP) is 5.36. The zero-order chi connectivity index (χ0) is 32.7. The van der Waals surface area contributed by atoms with Crippen molar-refractivity contribution < 1.29 is 46.2 Å². The van der Waals surface area contributed by atoms with Gasteiger partial charge in [-0.25, -0.2) is 9.78 Å². The summed E-state index contributed by atoms with van der Waals surface area (Å²) in [5, 5.41) is 23.0. The monoisotopic (exact) mass is 716 g/mol. The van der Waals surface area contributed by atoms with Gasteiger partial charge in [-0.3, -0.25) is 0 Å². The number of benzene rings is 1. The minimum atomic E-state index is -0.0350. The van der Waals surface area contributed by atoms with E-state index in [1.165, 1.54) is 133 Å². The van der Waals surface area contributed by atoms with E-state index in [9.17, 15) is 5.11 Å². The first-order valence-corrected chi connectivity index (χ1v) is 18.9. The maximum absolute atomic E-state index is 10.3. The second kappa shape index (κ2) is 32.8. The maximum Gasteiger partial charge on any atom is 0.118 e. The van der Waals surface area contributed by atoms with Gasteiger partial charge < -0.3 is 41.7 Å². The second-order valence-corrected chi connectivity index (χ2v) is 13.1. The summed E-state index contributed by atoms with van der Waals surface area (Å²) in [6.07, 6.45) is 22.7. The van der Waals surface area contributed by atoms with Crippen LogP contribution < -0.4 is 22.3 Å². The van der Waals surface area contributed by atoms with Gasteiger partial charge in [-0.05, 0) is 76.0 Å². The Kier molecular flexibility index (Phi) is 32.3. The smallest absolute Gasteiger partial charge is 0.118 e.